The summed E-state index contributed by atoms with van der Waals surface area (Å²) in [6.45, 7) is 0. The van der Waals surface area contributed by atoms with Crippen molar-refractivity contribution in [1.29, 1.82) is 0 Å². The average molecular weight is 851 g/mol. The Balaban J connectivity index is 1.20. The Hall–Kier alpha value is -7.34. The molecule has 0 spiro atoms. The predicted molar refractivity (Wildman–Crippen MR) is 282 cm³/mol. The Labute approximate surface area is 374 Å². The van der Waals surface area contributed by atoms with Crippen LogP contribution in [0.4, 0.5) is 22.7 Å². The van der Waals surface area contributed by atoms with Gasteiger partial charge < -0.3 is 10.6 Å². The van der Waals surface area contributed by atoms with Crippen LogP contribution >= 0.6 is 15.8 Å². The summed E-state index contributed by atoms with van der Waals surface area (Å²) in [6.07, 6.45) is 0. The van der Waals surface area contributed by atoms with E-state index in [0.29, 0.717) is 0 Å². The number of anilines is 4. The molecule has 0 fully saturated rings. The van der Waals surface area contributed by atoms with Gasteiger partial charge in [-0.05, 0) is 164 Å². The fourth-order valence-corrected chi connectivity index (χ4v) is 14.9. The zero-order valence-corrected chi connectivity index (χ0v) is 36.6. The van der Waals surface area contributed by atoms with Crippen molar-refractivity contribution in [3.05, 3.63) is 231 Å². The molecule has 0 saturated carbocycles. The number of nitrogens with one attached hydrogen (secondary N) is 2. The summed E-state index contributed by atoms with van der Waals surface area (Å²) in [5, 5.41) is 31.0. The molecule has 1 heterocycles. The summed E-state index contributed by atoms with van der Waals surface area (Å²) < 4.78 is 0. The molecule has 12 aromatic carbocycles. The topological polar surface area (TPSA) is 24.1 Å². The van der Waals surface area contributed by atoms with Gasteiger partial charge in [0.05, 0.1) is 0 Å². The minimum Gasteiger partial charge on any atom is -0.354 e. The molecule has 300 valence electrons. The molecule has 2 unspecified atom stereocenters. The van der Waals surface area contributed by atoms with E-state index in [4.69, 9.17) is 0 Å². The summed E-state index contributed by atoms with van der Waals surface area (Å²) in [4.78, 5) is 0. The lowest BCUT2D eigenvalue weighted by molar-refractivity contribution is 1.62. The molecule has 64 heavy (non-hydrogen) atoms. The van der Waals surface area contributed by atoms with E-state index in [9.17, 15) is 0 Å². The minimum absolute atomic E-state index is 1.13. The second-order valence-corrected chi connectivity index (χ2v) is 21.2. The fraction of sp³-hybridized carbons (Fsp3) is 0. The smallest absolute Gasteiger partial charge is 0.0475 e. The molecule has 0 aromatic heterocycles. The van der Waals surface area contributed by atoms with Crippen LogP contribution < -0.4 is 42.5 Å². The standard InChI is InChI=1S/C60H40N2P2/c1-3-23-51(24-4-1)63-57-35-45-21-13-11-19-43(45)31-53(57)61-56-34-48-28-40-16-8-10-18-42(40)30-50(48)38-60(56)64(52-25-5-2-6-26-52)58-36-46-22-14-12-20-44(46)32-54(58)62-55-33-47-27-39-15-7-9-17-41(39)29-49(47)37-59(55)63/h1-38,61-62H. The number of benzene rings is 12. The third kappa shape index (κ3) is 6.41. The van der Waals surface area contributed by atoms with Crippen molar-refractivity contribution in [2.75, 3.05) is 10.6 Å². The highest BCUT2D eigenvalue weighted by molar-refractivity contribution is 7.81. The first kappa shape index (κ1) is 37.2. The van der Waals surface area contributed by atoms with Crippen LogP contribution in [0.3, 0.4) is 0 Å². The van der Waals surface area contributed by atoms with Crippen molar-refractivity contribution in [2.45, 2.75) is 0 Å². The molecule has 0 amide bonds. The summed E-state index contributed by atoms with van der Waals surface area (Å²) in [7, 11) is -2.25. The lowest BCUT2D eigenvalue weighted by Crippen LogP contribution is -2.29. The summed E-state index contributed by atoms with van der Waals surface area (Å²) in [6, 6.07) is 86.5. The van der Waals surface area contributed by atoms with Gasteiger partial charge >= 0.3 is 0 Å². The zero-order valence-electron chi connectivity index (χ0n) is 34.8. The SMILES string of the molecule is c1ccc(P2c3cc4ccccc4cc3Nc3cc4cc5ccccc5cc4cc3P(c3ccccc3)c3cc4ccccc4cc3Nc3cc4cc5ccccc5cc4cc32)cc1. The lowest BCUT2D eigenvalue weighted by atomic mass is 10.0. The molecule has 2 atom stereocenters. The normalized spacial score (nSPS) is 14.8. The Morgan fingerprint density at radius 1 is 0.203 bits per heavy atom. The van der Waals surface area contributed by atoms with E-state index >= 15 is 0 Å². The molecule has 2 N–H and O–H groups in total. The first-order valence-corrected chi connectivity index (χ1v) is 24.6. The van der Waals surface area contributed by atoms with E-state index in [2.05, 4.69) is 241 Å². The van der Waals surface area contributed by atoms with Crippen LogP contribution in [0, 0.1) is 0 Å². The number of hydrogen-bond donors (Lipinski definition) is 2. The van der Waals surface area contributed by atoms with E-state index in [1.54, 1.807) is 0 Å². The van der Waals surface area contributed by atoms with Gasteiger partial charge in [0.2, 0.25) is 0 Å². The van der Waals surface area contributed by atoms with E-state index < -0.39 is 15.8 Å². The Morgan fingerprint density at radius 3 is 0.734 bits per heavy atom. The Morgan fingerprint density at radius 2 is 0.422 bits per heavy atom. The van der Waals surface area contributed by atoms with Crippen molar-refractivity contribution < 1.29 is 0 Å². The average Bonchev–Trinajstić information content (AvgIpc) is 3.33. The molecule has 1 aliphatic heterocycles. The molecule has 2 nitrogen and oxygen atoms in total. The largest absolute Gasteiger partial charge is 0.354 e. The van der Waals surface area contributed by atoms with Crippen molar-refractivity contribution in [2.24, 2.45) is 0 Å². The number of rotatable bonds is 2. The van der Waals surface area contributed by atoms with Crippen molar-refractivity contribution in [3.8, 4) is 0 Å². The van der Waals surface area contributed by atoms with Crippen molar-refractivity contribution in [1.82, 2.24) is 0 Å². The van der Waals surface area contributed by atoms with Gasteiger partial charge in [0.25, 0.3) is 0 Å². The second kappa shape index (κ2) is 15.2. The van der Waals surface area contributed by atoms with Gasteiger partial charge in [0.1, 0.15) is 0 Å². The van der Waals surface area contributed by atoms with Crippen LogP contribution in [-0.2, 0) is 0 Å². The Bertz CT molecular complexity index is 3560. The molecule has 0 bridgehead atoms. The van der Waals surface area contributed by atoms with E-state index in [1.165, 1.54) is 96.5 Å². The molecule has 1 aliphatic rings. The lowest BCUT2D eigenvalue weighted by Gasteiger charge is -2.31. The maximum atomic E-state index is 4.26. The third-order valence-electron chi connectivity index (χ3n) is 12.9. The van der Waals surface area contributed by atoms with Crippen molar-refractivity contribution in [3.63, 3.8) is 0 Å². The van der Waals surface area contributed by atoms with Gasteiger partial charge in [-0.2, -0.15) is 0 Å². The van der Waals surface area contributed by atoms with Crippen LogP contribution in [0.2, 0.25) is 0 Å². The summed E-state index contributed by atoms with van der Waals surface area (Å²) in [5.74, 6) is 0. The van der Waals surface area contributed by atoms with Gasteiger partial charge in [0.15, 0.2) is 0 Å². The fourth-order valence-electron chi connectivity index (χ4n) is 9.82. The quantitative estimate of drug-likeness (QED) is 0.134. The maximum Gasteiger partial charge on any atom is 0.0475 e. The first-order valence-electron chi connectivity index (χ1n) is 21.9. The monoisotopic (exact) mass is 850 g/mol. The van der Waals surface area contributed by atoms with Crippen LogP contribution in [0.1, 0.15) is 0 Å². The van der Waals surface area contributed by atoms with Gasteiger partial charge in [-0.15, -0.1) is 0 Å². The van der Waals surface area contributed by atoms with Crippen LogP contribution in [0.5, 0.6) is 0 Å². The van der Waals surface area contributed by atoms with Crippen LogP contribution in [0.15, 0.2) is 231 Å². The summed E-state index contributed by atoms with van der Waals surface area (Å²) in [5.41, 5.74) is 4.51. The van der Waals surface area contributed by atoms with Crippen LogP contribution in [-0.4, -0.2) is 0 Å². The molecule has 0 saturated heterocycles. The molecule has 0 aliphatic carbocycles. The molecule has 12 aromatic rings. The number of hydrogen-bond acceptors (Lipinski definition) is 2. The zero-order chi connectivity index (χ0) is 42.1. The highest BCUT2D eigenvalue weighted by Crippen LogP contribution is 2.47. The third-order valence-corrected chi connectivity index (χ3v) is 17.9. The van der Waals surface area contributed by atoms with Gasteiger partial charge in [0, 0.05) is 44.0 Å². The molecular formula is C60H40N2P2. The number of fused-ring (bicyclic) bond motifs is 10. The highest BCUT2D eigenvalue weighted by Gasteiger charge is 2.29. The van der Waals surface area contributed by atoms with E-state index in [0.717, 1.165) is 22.7 Å². The predicted octanol–water partition coefficient (Wildman–Crippen LogP) is 13.9. The molecule has 0 radical (unpaired) electrons. The minimum atomic E-state index is -1.13. The molecular weight excluding hydrogens is 811 g/mol. The first-order chi connectivity index (χ1) is 31.7. The second-order valence-electron chi connectivity index (χ2n) is 16.9. The molecule has 13 rings (SSSR count). The maximum absolute atomic E-state index is 4.26. The van der Waals surface area contributed by atoms with Gasteiger partial charge in [-0.3, -0.25) is 0 Å². The van der Waals surface area contributed by atoms with Crippen LogP contribution in [0.25, 0.3) is 64.6 Å². The van der Waals surface area contributed by atoms with Gasteiger partial charge in [-0.1, -0.05) is 158 Å². The van der Waals surface area contributed by atoms with Gasteiger partial charge in [-0.25, -0.2) is 0 Å². The summed E-state index contributed by atoms with van der Waals surface area (Å²) >= 11 is 0. The van der Waals surface area contributed by atoms with Crippen molar-refractivity contribution >= 4 is 135 Å². The van der Waals surface area contributed by atoms with E-state index in [1.807, 2.05) is 0 Å². The Kier molecular flexibility index (Phi) is 8.83. The van der Waals surface area contributed by atoms with E-state index in [-0.39, 0.29) is 0 Å². The molecule has 4 heteroatoms. The highest BCUT2D eigenvalue weighted by atomic mass is 31.1.